The molecule has 2 aromatic carbocycles. The lowest BCUT2D eigenvalue weighted by Gasteiger charge is -2.16. The summed E-state index contributed by atoms with van der Waals surface area (Å²) in [4.78, 5) is 22.2. The van der Waals surface area contributed by atoms with Crippen LogP contribution in [-0.4, -0.2) is 28.3 Å². The second-order valence-electron chi connectivity index (χ2n) is 6.27. The lowest BCUT2D eigenvalue weighted by molar-refractivity contribution is 0.201. The molecule has 0 spiro atoms. The van der Waals surface area contributed by atoms with Crippen molar-refractivity contribution >= 4 is 44.9 Å². The fourth-order valence-corrected chi connectivity index (χ4v) is 4.24. The number of carbonyl (C=O) groups is 1. The van der Waals surface area contributed by atoms with E-state index in [0.717, 1.165) is 26.8 Å². The maximum Gasteiger partial charge on any atom is 0.413 e. The van der Waals surface area contributed by atoms with Crippen LogP contribution in [0.4, 0.5) is 9.93 Å². The van der Waals surface area contributed by atoms with Crippen molar-refractivity contribution in [3.05, 3.63) is 71.6 Å². The molecule has 1 N–H and O–H groups in total. The fraction of sp³-hybridized carbons (Fsp3) is 0.0952. The van der Waals surface area contributed by atoms with Crippen molar-refractivity contribution in [3.63, 3.8) is 0 Å². The fourth-order valence-electron chi connectivity index (χ4n) is 2.94. The minimum Gasteiger partial charge on any atom is -0.497 e. The van der Waals surface area contributed by atoms with Crippen LogP contribution in [0.5, 0.6) is 5.75 Å². The van der Waals surface area contributed by atoms with Gasteiger partial charge in [-0.1, -0.05) is 47.2 Å². The molecule has 0 saturated heterocycles. The number of carboxylic acid groups (broad SMARTS) is 1. The van der Waals surface area contributed by atoms with Gasteiger partial charge in [-0.15, -0.1) is 0 Å². The van der Waals surface area contributed by atoms with Crippen molar-refractivity contribution in [2.45, 2.75) is 6.54 Å². The van der Waals surface area contributed by atoms with Crippen LogP contribution in [0.2, 0.25) is 5.15 Å². The van der Waals surface area contributed by atoms with Gasteiger partial charge in [-0.3, -0.25) is 4.98 Å². The highest BCUT2D eigenvalue weighted by Crippen LogP contribution is 2.39. The molecule has 8 heteroatoms. The van der Waals surface area contributed by atoms with E-state index < -0.39 is 6.09 Å². The van der Waals surface area contributed by atoms with Gasteiger partial charge in [-0.05, 0) is 40.8 Å². The van der Waals surface area contributed by atoms with E-state index in [1.807, 2.05) is 36.4 Å². The Morgan fingerprint density at radius 3 is 2.69 bits per heavy atom. The van der Waals surface area contributed by atoms with E-state index >= 15 is 0 Å². The van der Waals surface area contributed by atoms with Gasteiger partial charge in [0.25, 0.3) is 0 Å². The van der Waals surface area contributed by atoms with E-state index in [4.69, 9.17) is 16.3 Å². The number of rotatable bonds is 5. The number of methoxy groups -OCH3 is 1. The molecular formula is C21H16ClN3O3S. The van der Waals surface area contributed by atoms with Crippen LogP contribution in [0.1, 0.15) is 5.56 Å². The molecule has 0 radical (unpaired) electrons. The highest BCUT2D eigenvalue weighted by Gasteiger charge is 2.22. The molecule has 0 aliphatic rings. The zero-order valence-electron chi connectivity index (χ0n) is 15.4. The molecular weight excluding hydrogens is 410 g/mol. The zero-order chi connectivity index (χ0) is 20.4. The molecule has 6 nitrogen and oxygen atoms in total. The summed E-state index contributed by atoms with van der Waals surface area (Å²) in [6, 6.07) is 15.0. The minimum atomic E-state index is -1.10. The lowest BCUT2D eigenvalue weighted by atomic mass is 10.1. The maximum absolute atomic E-state index is 11.9. The van der Waals surface area contributed by atoms with E-state index in [1.165, 1.54) is 16.2 Å². The normalized spacial score (nSPS) is 10.8. The SMILES string of the molecule is COc1ccc(CN(C(=O)O)c2nc(Cl)c(-c3ccc4cnccc4c3)s2)cc1. The van der Waals surface area contributed by atoms with Crippen LogP contribution in [0.25, 0.3) is 21.2 Å². The highest BCUT2D eigenvalue weighted by molar-refractivity contribution is 7.19. The van der Waals surface area contributed by atoms with Gasteiger partial charge >= 0.3 is 6.09 Å². The first-order chi connectivity index (χ1) is 14.0. The van der Waals surface area contributed by atoms with Gasteiger partial charge in [0.2, 0.25) is 0 Å². The first-order valence-electron chi connectivity index (χ1n) is 8.69. The number of pyridine rings is 1. The monoisotopic (exact) mass is 425 g/mol. The number of aromatic nitrogens is 2. The van der Waals surface area contributed by atoms with E-state index in [1.54, 1.807) is 31.6 Å². The number of nitrogens with zero attached hydrogens (tertiary/aromatic N) is 3. The van der Waals surface area contributed by atoms with Crippen LogP contribution in [0.3, 0.4) is 0 Å². The molecule has 0 aliphatic heterocycles. The van der Waals surface area contributed by atoms with Crippen LogP contribution in [-0.2, 0) is 6.54 Å². The Labute approximate surface area is 176 Å². The van der Waals surface area contributed by atoms with Gasteiger partial charge in [-0.25, -0.2) is 14.7 Å². The predicted octanol–water partition coefficient (Wildman–Crippen LogP) is 5.70. The van der Waals surface area contributed by atoms with Crippen molar-refractivity contribution in [1.29, 1.82) is 0 Å². The molecule has 0 atom stereocenters. The molecule has 2 aromatic heterocycles. The summed E-state index contributed by atoms with van der Waals surface area (Å²) in [5.41, 5.74) is 1.70. The van der Waals surface area contributed by atoms with Gasteiger partial charge in [0.1, 0.15) is 10.9 Å². The average Bonchev–Trinajstić information content (AvgIpc) is 3.13. The number of fused-ring (bicyclic) bond motifs is 1. The second kappa shape index (κ2) is 8.06. The molecule has 0 bridgehead atoms. The summed E-state index contributed by atoms with van der Waals surface area (Å²) in [7, 11) is 1.58. The standard InChI is InChI=1S/C21H16ClN3O3S/c1-28-17-6-2-13(3-7-17)12-25(21(26)27)20-24-19(22)18(29-20)15-4-5-16-11-23-9-8-14(16)10-15/h2-11H,12H2,1H3,(H,26,27). The van der Waals surface area contributed by atoms with E-state index in [9.17, 15) is 9.90 Å². The Kier molecular flexibility index (Phi) is 5.33. The Morgan fingerprint density at radius 1 is 1.17 bits per heavy atom. The summed E-state index contributed by atoms with van der Waals surface area (Å²) < 4.78 is 5.14. The Morgan fingerprint density at radius 2 is 1.97 bits per heavy atom. The highest BCUT2D eigenvalue weighted by atomic mass is 35.5. The number of benzene rings is 2. The van der Waals surface area contributed by atoms with Crippen molar-refractivity contribution in [3.8, 4) is 16.2 Å². The van der Waals surface area contributed by atoms with Crippen LogP contribution >= 0.6 is 22.9 Å². The number of hydrogen-bond donors (Lipinski definition) is 1. The second-order valence-corrected chi connectivity index (χ2v) is 7.61. The average molecular weight is 426 g/mol. The number of anilines is 1. The van der Waals surface area contributed by atoms with Gasteiger partial charge in [0, 0.05) is 17.8 Å². The first-order valence-corrected chi connectivity index (χ1v) is 9.88. The molecule has 0 unspecified atom stereocenters. The van der Waals surface area contributed by atoms with Gasteiger partial charge < -0.3 is 9.84 Å². The topological polar surface area (TPSA) is 75.5 Å². The van der Waals surface area contributed by atoms with Crippen molar-refractivity contribution in [2.24, 2.45) is 0 Å². The van der Waals surface area contributed by atoms with Crippen LogP contribution in [0, 0.1) is 0 Å². The summed E-state index contributed by atoms with van der Waals surface area (Å²) >= 11 is 7.62. The molecule has 29 heavy (non-hydrogen) atoms. The van der Waals surface area contributed by atoms with Crippen molar-refractivity contribution in [2.75, 3.05) is 12.0 Å². The first kappa shape index (κ1) is 19.2. The molecule has 146 valence electrons. The molecule has 4 rings (SSSR count). The molecule has 0 saturated carbocycles. The largest absolute Gasteiger partial charge is 0.497 e. The molecule has 0 fully saturated rings. The predicted molar refractivity (Wildman–Crippen MR) is 115 cm³/mol. The van der Waals surface area contributed by atoms with E-state index in [2.05, 4.69) is 9.97 Å². The Hall–Kier alpha value is -3.16. The number of ether oxygens (including phenoxy) is 1. The number of thiazole rings is 1. The van der Waals surface area contributed by atoms with E-state index in [-0.39, 0.29) is 11.7 Å². The lowest BCUT2D eigenvalue weighted by Crippen LogP contribution is -2.28. The number of halogens is 1. The van der Waals surface area contributed by atoms with E-state index in [0.29, 0.717) is 10.9 Å². The molecule has 1 amide bonds. The van der Waals surface area contributed by atoms with Crippen LogP contribution < -0.4 is 9.64 Å². The summed E-state index contributed by atoms with van der Waals surface area (Å²) in [5.74, 6) is 0.710. The zero-order valence-corrected chi connectivity index (χ0v) is 16.9. The van der Waals surface area contributed by atoms with Crippen molar-refractivity contribution < 1.29 is 14.6 Å². The van der Waals surface area contributed by atoms with Gasteiger partial charge in [-0.2, -0.15) is 0 Å². The third-order valence-electron chi connectivity index (χ3n) is 4.44. The van der Waals surface area contributed by atoms with Crippen LogP contribution in [0.15, 0.2) is 60.9 Å². The van der Waals surface area contributed by atoms with Gasteiger partial charge in [0.15, 0.2) is 5.13 Å². The third kappa shape index (κ3) is 4.01. The molecule has 4 aromatic rings. The Bertz CT molecular complexity index is 1180. The van der Waals surface area contributed by atoms with Gasteiger partial charge in [0.05, 0.1) is 18.5 Å². The summed E-state index contributed by atoms with van der Waals surface area (Å²) in [6.07, 6.45) is 2.43. The summed E-state index contributed by atoms with van der Waals surface area (Å²) in [6.45, 7) is 0.159. The number of amides is 1. The minimum absolute atomic E-state index is 0.159. The maximum atomic E-state index is 11.9. The molecule has 0 aliphatic carbocycles. The summed E-state index contributed by atoms with van der Waals surface area (Å²) in [5, 5.41) is 12.4. The molecule has 2 heterocycles. The van der Waals surface area contributed by atoms with Crippen molar-refractivity contribution in [1.82, 2.24) is 9.97 Å². The smallest absolute Gasteiger partial charge is 0.413 e. The third-order valence-corrected chi connectivity index (χ3v) is 5.95. The quantitative estimate of drug-likeness (QED) is 0.443. The number of hydrogen-bond acceptors (Lipinski definition) is 5. The Balaban J connectivity index is 1.66.